The van der Waals surface area contributed by atoms with Gasteiger partial charge in [0, 0.05) is 26.6 Å². The molecule has 0 saturated carbocycles. The third-order valence-electron chi connectivity index (χ3n) is 4.65. The van der Waals surface area contributed by atoms with Gasteiger partial charge in [-0.2, -0.15) is 0 Å². The van der Waals surface area contributed by atoms with E-state index in [2.05, 4.69) is 29.7 Å². The third-order valence-corrected chi connectivity index (χ3v) is 7.01. The Morgan fingerprint density at radius 3 is 2.41 bits per heavy atom. The molecule has 27 heavy (non-hydrogen) atoms. The summed E-state index contributed by atoms with van der Waals surface area (Å²) >= 11 is 3.36. The first-order chi connectivity index (χ1) is 13.2. The zero-order valence-corrected chi connectivity index (χ0v) is 16.0. The van der Waals surface area contributed by atoms with Crippen molar-refractivity contribution in [2.75, 3.05) is 0 Å². The molecule has 3 aromatic heterocycles. The van der Waals surface area contributed by atoms with Gasteiger partial charge in [-0.05, 0) is 43.3 Å². The highest BCUT2D eigenvalue weighted by atomic mass is 32.1. The highest BCUT2D eigenvalue weighted by Gasteiger charge is 2.19. The molecule has 0 radical (unpaired) electrons. The van der Waals surface area contributed by atoms with Gasteiger partial charge in [0.15, 0.2) is 0 Å². The highest BCUT2D eigenvalue weighted by molar-refractivity contribution is 7.29. The Morgan fingerprint density at radius 2 is 1.67 bits per heavy atom. The van der Waals surface area contributed by atoms with Crippen LogP contribution in [0.3, 0.4) is 0 Å². The number of aromatic nitrogens is 1. The summed E-state index contributed by atoms with van der Waals surface area (Å²) in [6.07, 6.45) is 0.666. The summed E-state index contributed by atoms with van der Waals surface area (Å²) < 4.78 is 19.2. The average molecular weight is 391 g/mol. The van der Waals surface area contributed by atoms with Crippen molar-refractivity contribution in [1.29, 1.82) is 0 Å². The van der Waals surface area contributed by atoms with Crippen LogP contribution in [-0.4, -0.2) is 10.9 Å². The molecule has 0 amide bonds. The highest BCUT2D eigenvalue weighted by Crippen LogP contribution is 2.44. The van der Waals surface area contributed by atoms with Crippen LogP contribution in [0.1, 0.15) is 15.2 Å². The molecule has 5 aromatic rings. The number of nitrogens with zero attached hydrogens (tertiary/aromatic N) is 1. The normalized spacial score (nSPS) is 11.5. The fourth-order valence-electron chi connectivity index (χ4n) is 3.46. The molecule has 0 saturated heterocycles. The molecule has 5 rings (SSSR count). The van der Waals surface area contributed by atoms with E-state index in [1.165, 1.54) is 25.9 Å². The smallest absolute Gasteiger partial charge is 0.150 e. The summed E-state index contributed by atoms with van der Waals surface area (Å²) in [6, 6.07) is 19.1. The second-order valence-electron chi connectivity index (χ2n) is 6.42. The minimum Gasteiger partial charge on any atom is -0.307 e. The van der Waals surface area contributed by atoms with E-state index in [1.54, 1.807) is 34.8 Å². The van der Waals surface area contributed by atoms with E-state index in [0.29, 0.717) is 17.4 Å². The van der Waals surface area contributed by atoms with E-state index in [4.69, 9.17) is 0 Å². The second kappa shape index (κ2) is 6.15. The van der Waals surface area contributed by atoms with Crippen LogP contribution >= 0.6 is 22.7 Å². The maximum absolute atomic E-state index is 14.5. The summed E-state index contributed by atoms with van der Waals surface area (Å²) in [6.45, 7) is 2.11. The Balaban J connectivity index is 1.80. The molecule has 0 spiro atoms. The van der Waals surface area contributed by atoms with Crippen molar-refractivity contribution in [2.24, 2.45) is 0 Å². The third kappa shape index (κ3) is 2.54. The van der Waals surface area contributed by atoms with Crippen LogP contribution in [-0.2, 0) is 0 Å². The van der Waals surface area contributed by atoms with E-state index in [0.717, 1.165) is 16.1 Å². The van der Waals surface area contributed by atoms with Crippen molar-refractivity contribution in [3.63, 3.8) is 0 Å². The van der Waals surface area contributed by atoms with Crippen LogP contribution in [0.2, 0.25) is 0 Å². The van der Waals surface area contributed by atoms with E-state index in [-0.39, 0.29) is 5.82 Å². The van der Waals surface area contributed by atoms with Crippen molar-refractivity contribution in [3.8, 4) is 16.1 Å². The zero-order valence-electron chi connectivity index (χ0n) is 14.4. The number of carbonyl (C=O) groups is 1. The topological polar surface area (TPSA) is 22.0 Å². The molecule has 0 fully saturated rings. The molecule has 0 bridgehead atoms. The van der Waals surface area contributed by atoms with E-state index < -0.39 is 0 Å². The van der Waals surface area contributed by atoms with Crippen LogP contribution in [0.25, 0.3) is 36.6 Å². The molecule has 0 aliphatic carbocycles. The van der Waals surface area contributed by atoms with Gasteiger partial charge in [-0.3, -0.25) is 4.79 Å². The summed E-state index contributed by atoms with van der Waals surface area (Å²) in [5, 5.41) is 0. The number of fused-ring (bicyclic) bond motifs is 3. The molecule has 5 heteroatoms. The van der Waals surface area contributed by atoms with Crippen LogP contribution in [0.15, 0.2) is 60.7 Å². The van der Waals surface area contributed by atoms with Crippen molar-refractivity contribution < 1.29 is 9.18 Å². The Morgan fingerprint density at radius 1 is 0.926 bits per heavy atom. The molecule has 2 aromatic carbocycles. The molecule has 2 nitrogen and oxygen atoms in total. The van der Waals surface area contributed by atoms with Gasteiger partial charge in [0.25, 0.3) is 0 Å². The van der Waals surface area contributed by atoms with Gasteiger partial charge >= 0.3 is 0 Å². The van der Waals surface area contributed by atoms with Gasteiger partial charge in [-0.15, -0.1) is 22.7 Å². The fraction of sp³-hybridized carbons (Fsp3) is 0.0455. The van der Waals surface area contributed by atoms with Crippen LogP contribution in [0, 0.1) is 12.7 Å². The second-order valence-corrected chi connectivity index (χ2v) is 8.73. The standard InChI is InChI=1S/C22H14FNOS2/c1-13-9-18-21(26-13)22-19(24(18)15-5-3-2-4-6-15)11-20(27-22)16-8-7-14(12-25)10-17(16)23/h2-12H,1H3. The predicted molar refractivity (Wildman–Crippen MR) is 112 cm³/mol. The summed E-state index contributed by atoms with van der Waals surface area (Å²) in [4.78, 5) is 13.0. The summed E-state index contributed by atoms with van der Waals surface area (Å²) in [5.74, 6) is -0.367. The number of hydrogen-bond donors (Lipinski definition) is 0. The molecule has 132 valence electrons. The number of rotatable bonds is 3. The Kier molecular flexibility index (Phi) is 3.74. The van der Waals surface area contributed by atoms with Crippen molar-refractivity contribution in [2.45, 2.75) is 6.92 Å². The number of thiophene rings is 2. The number of hydrogen-bond acceptors (Lipinski definition) is 3. The monoisotopic (exact) mass is 391 g/mol. The Bertz CT molecular complexity index is 1310. The summed E-state index contributed by atoms with van der Waals surface area (Å²) in [7, 11) is 0. The minimum atomic E-state index is -0.367. The van der Waals surface area contributed by atoms with Crippen LogP contribution < -0.4 is 0 Å². The number of aryl methyl sites for hydroxylation is 1. The number of carbonyl (C=O) groups excluding carboxylic acids is 1. The van der Waals surface area contributed by atoms with Crippen LogP contribution in [0.5, 0.6) is 0 Å². The predicted octanol–water partition coefficient (Wildman–Crippen LogP) is 6.83. The first kappa shape index (κ1) is 16.4. The first-order valence-corrected chi connectivity index (χ1v) is 10.1. The van der Waals surface area contributed by atoms with E-state index >= 15 is 0 Å². The molecular formula is C22H14FNOS2. The van der Waals surface area contributed by atoms with E-state index in [9.17, 15) is 9.18 Å². The number of benzene rings is 2. The van der Waals surface area contributed by atoms with Crippen LogP contribution in [0.4, 0.5) is 4.39 Å². The van der Waals surface area contributed by atoms with Gasteiger partial charge in [-0.1, -0.05) is 24.3 Å². The lowest BCUT2D eigenvalue weighted by atomic mass is 10.1. The molecule has 0 N–H and O–H groups in total. The van der Waals surface area contributed by atoms with E-state index in [1.807, 2.05) is 24.3 Å². The maximum Gasteiger partial charge on any atom is 0.150 e. The Hall–Kier alpha value is -2.76. The van der Waals surface area contributed by atoms with Gasteiger partial charge in [0.1, 0.15) is 12.1 Å². The summed E-state index contributed by atoms with van der Waals surface area (Å²) in [5.41, 5.74) is 4.25. The molecule has 3 heterocycles. The number of aldehydes is 1. The Labute approximate surface area is 163 Å². The lowest BCUT2D eigenvalue weighted by Crippen LogP contribution is -1.91. The zero-order chi connectivity index (χ0) is 18.5. The molecule has 0 aliphatic rings. The molecule has 0 aliphatic heterocycles. The van der Waals surface area contributed by atoms with Gasteiger partial charge < -0.3 is 4.57 Å². The van der Waals surface area contributed by atoms with Crippen molar-refractivity contribution in [1.82, 2.24) is 4.57 Å². The van der Waals surface area contributed by atoms with Crippen molar-refractivity contribution >= 4 is 49.4 Å². The van der Waals surface area contributed by atoms with Gasteiger partial charge in [-0.25, -0.2) is 4.39 Å². The molecule has 0 atom stereocenters. The molecular weight excluding hydrogens is 377 g/mol. The SMILES string of the molecule is Cc1cc2c(s1)c1sc(-c3ccc(C=O)cc3F)cc1n2-c1ccccc1. The minimum absolute atomic E-state index is 0.349. The quantitative estimate of drug-likeness (QED) is 0.309. The van der Waals surface area contributed by atoms with Gasteiger partial charge in [0.2, 0.25) is 0 Å². The maximum atomic E-state index is 14.5. The van der Waals surface area contributed by atoms with Crippen molar-refractivity contribution in [3.05, 3.63) is 76.9 Å². The first-order valence-electron chi connectivity index (χ1n) is 8.50. The average Bonchev–Trinajstić information content (AvgIpc) is 3.32. The molecule has 0 unspecified atom stereocenters. The fourth-order valence-corrected chi connectivity index (χ4v) is 5.77. The lowest BCUT2D eigenvalue weighted by molar-refractivity contribution is 0.112. The number of para-hydroxylation sites is 1. The van der Waals surface area contributed by atoms with Gasteiger partial charge in [0.05, 0.1) is 20.4 Å². The number of halogens is 1. The lowest BCUT2D eigenvalue weighted by Gasteiger charge is -2.05. The largest absolute Gasteiger partial charge is 0.307 e.